The van der Waals surface area contributed by atoms with Crippen molar-refractivity contribution in [1.82, 2.24) is 20.1 Å². The van der Waals surface area contributed by atoms with Crippen LogP contribution in [0.5, 0.6) is 0 Å². The van der Waals surface area contributed by atoms with Crippen molar-refractivity contribution in [3.8, 4) is 0 Å². The first kappa shape index (κ1) is 12.6. The third-order valence-corrected chi connectivity index (χ3v) is 2.58. The fourth-order valence-corrected chi connectivity index (χ4v) is 1.84. The number of nitrogens with one attached hydrogen (secondary N) is 1. The molecule has 0 aliphatic heterocycles. The minimum Gasteiger partial charge on any atom is -0.346 e. The van der Waals surface area contributed by atoms with Gasteiger partial charge in [-0.05, 0) is 25.1 Å². The first-order valence-electron chi connectivity index (χ1n) is 5.45. The van der Waals surface area contributed by atoms with Gasteiger partial charge >= 0.3 is 0 Å². The SMILES string of the molecule is Cc1cc(C(=O)NCc2ccn(C)n2)cc(Cl)n1. The van der Waals surface area contributed by atoms with E-state index in [1.165, 1.54) is 0 Å². The van der Waals surface area contributed by atoms with E-state index in [9.17, 15) is 4.79 Å². The summed E-state index contributed by atoms with van der Waals surface area (Å²) >= 11 is 5.81. The highest BCUT2D eigenvalue weighted by molar-refractivity contribution is 6.29. The molecule has 0 unspecified atom stereocenters. The van der Waals surface area contributed by atoms with Crippen molar-refractivity contribution in [2.24, 2.45) is 7.05 Å². The molecule has 0 radical (unpaired) electrons. The minimum atomic E-state index is -0.187. The van der Waals surface area contributed by atoms with E-state index in [4.69, 9.17) is 11.6 Å². The van der Waals surface area contributed by atoms with Crippen molar-refractivity contribution in [3.63, 3.8) is 0 Å². The second kappa shape index (κ2) is 5.18. The fourth-order valence-electron chi connectivity index (χ4n) is 1.59. The lowest BCUT2D eigenvalue weighted by Crippen LogP contribution is -2.23. The van der Waals surface area contributed by atoms with Crippen LogP contribution in [0.1, 0.15) is 21.7 Å². The number of aryl methyl sites for hydroxylation is 2. The van der Waals surface area contributed by atoms with Gasteiger partial charge in [0.25, 0.3) is 5.91 Å². The van der Waals surface area contributed by atoms with Gasteiger partial charge in [-0.15, -0.1) is 0 Å². The Morgan fingerprint density at radius 2 is 2.28 bits per heavy atom. The van der Waals surface area contributed by atoms with Crippen LogP contribution in [0.3, 0.4) is 0 Å². The number of hydrogen-bond donors (Lipinski definition) is 1. The minimum absolute atomic E-state index is 0.187. The Labute approximate surface area is 110 Å². The molecule has 1 amide bonds. The van der Waals surface area contributed by atoms with Gasteiger partial charge in [0.2, 0.25) is 0 Å². The molecule has 0 saturated carbocycles. The number of halogens is 1. The van der Waals surface area contributed by atoms with Gasteiger partial charge < -0.3 is 5.32 Å². The van der Waals surface area contributed by atoms with E-state index in [-0.39, 0.29) is 5.91 Å². The zero-order valence-electron chi connectivity index (χ0n) is 10.1. The highest BCUT2D eigenvalue weighted by Crippen LogP contribution is 2.10. The molecule has 0 aliphatic rings. The maximum Gasteiger partial charge on any atom is 0.251 e. The predicted molar refractivity (Wildman–Crippen MR) is 68.4 cm³/mol. The molecule has 0 aromatic carbocycles. The van der Waals surface area contributed by atoms with Gasteiger partial charge in [-0.25, -0.2) is 4.98 Å². The number of aromatic nitrogens is 3. The van der Waals surface area contributed by atoms with E-state index in [1.54, 1.807) is 23.7 Å². The molecule has 2 aromatic rings. The molecule has 18 heavy (non-hydrogen) atoms. The average molecular weight is 265 g/mol. The molecule has 0 fully saturated rings. The van der Waals surface area contributed by atoms with Crippen LogP contribution in [0.15, 0.2) is 24.4 Å². The molecule has 0 atom stereocenters. The molecular weight excluding hydrogens is 252 g/mol. The molecule has 0 saturated heterocycles. The molecule has 1 N–H and O–H groups in total. The third kappa shape index (κ3) is 3.07. The molecule has 6 heteroatoms. The van der Waals surface area contributed by atoms with E-state index in [0.717, 1.165) is 5.69 Å². The Morgan fingerprint density at radius 3 is 2.89 bits per heavy atom. The van der Waals surface area contributed by atoms with Crippen LogP contribution in [0.2, 0.25) is 5.15 Å². The van der Waals surface area contributed by atoms with Crippen LogP contribution < -0.4 is 5.32 Å². The summed E-state index contributed by atoms with van der Waals surface area (Å²) in [6.45, 7) is 2.18. The van der Waals surface area contributed by atoms with Gasteiger partial charge in [-0.2, -0.15) is 5.10 Å². The second-order valence-electron chi connectivity index (χ2n) is 3.98. The molecule has 0 aliphatic carbocycles. The summed E-state index contributed by atoms with van der Waals surface area (Å²) in [6, 6.07) is 5.09. The smallest absolute Gasteiger partial charge is 0.251 e. The van der Waals surface area contributed by atoms with Crippen LogP contribution in [-0.2, 0) is 13.6 Å². The van der Waals surface area contributed by atoms with Gasteiger partial charge in [-0.3, -0.25) is 9.48 Å². The quantitative estimate of drug-likeness (QED) is 0.859. The average Bonchev–Trinajstić information content (AvgIpc) is 2.70. The number of amides is 1. The number of hydrogen-bond acceptors (Lipinski definition) is 3. The number of pyridine rings is 1. The van der Waals surface area contributed by atoms with Gasteiger partial charge in [0, 0.05) is 24.5 Å². The van der Waals surface area contributed by atoms with E-state index in [2.05, 4.69) is 15.4 Å². The Kier molecular flexibility index (Phi) is 3.62. The Balaban J connectivity index is 2.03. The zero-order valence-corrected chi connectivity index (χ0v) is 10.9. The van der Waals surface area contributed by atoms with Crippen molar-refractivity contribution >= 4 is 17.5 Å². The van der Waals surface area contributed by atoms with Crippen LogP contribution in [0.4, 0.5) is 0 Å². The summed E-state index contributed by atoms with van der Waals surface area (Å²) in [5, 5.41) is 7.27. The highest BCUT2D eigenvalue weighted by Gasteiger charge is 2.08. The fraction of sp³-hybridized carbons (Fsp3) is 0.250. The monoisotopic (exact) mass is 264 g/mol. The van der Waals surface area contributed by atoms with Crippen LogP contribution in [0.25, 0.3) is 0 Å². The lowest BCUT2D eigenvalue weighted by molar-refractivity contribution is 0.0950. The van der Waals surface area contributed by atoms with Crippen LogP contribution >= 0.6 is 11.6 Å². The summed E-state index contributed by atoms with van der Waals surface area (Å²) in [5.74, 6) is -0.187. The number of nitrogens with zero attached hydrogens (tertiary/aromatic N) is 3. The predicted octanol–water partition coefficient (Wildman–Crippen LogP) is 1.71. The molecule has 2 aromatic heterocycles. The summed E-state index contributed by atoms with van der Waals surface area (Å²) in [6.07, 6.45) is 1.83. The Bertz CT molecular complexity index is 559. The van der Waals surface area contributed by atoms with Crippen molar-refractivity contribution in [2.75, 3.05) is 0 Å². The van der Waals surface area contributed by atoms with E-state index in [0.29, 0.717) is 23.0 Å². The van der Waals surface area contributed by atoms with Gasteiger partial charge in [-0.1, -0.05) is 11.6 Å². The Hall–Kier alpha value is -1.88. The van der Waals surface area contributed by atoms with Gasteiger partial charge in [0.05, 0.1) is 12.2 Å². The molecule has 0 bridgehead atoms. The van der Waals surface area contributed by atoms with Gasteiger partial charge in [0.1, 0.15) is 5.15 Å². The van der Waals surface area contributed by atoms with Crippen LogP contribution in [0, 0.1) is 6.92 Å². The summed E-state index contributed by atoms with van der Waals surface area (Å²) in [5.41, 5.74) is 2.02. The maximum atomic E-state index is 11.9. The van der Waals surface area contributed by atoms with Crippen molar-refractivity contribution in [2.45, 2.75) is 13.5 Å². The zero-order chi connectivity index (χ0) is 13.1. The highest BCUT2D eigenvalue weighted by atomic mass is 35.5. The lowest BCUT2D eigenvalue weighted by atomic mass is 10.2. The second-order valence-corrected chi connectivity index (χ2v) is 4.37. The number of carbonyl (C=O) groups excluding carboxylic acids is 1. The summed E-state index contributed by atoms with van der Waals surface area (Å²) in [4.78, 5) is 15.9. The maximum absolute atomic E-state index is 11.9. The number of carbonyl (C=O) groups is 1. The molecule has 5 nitrogen and oxygen atoms in total. The molecular formula is C12H13ClN4O. The van der Waals surface area contributed by atoms with Crippen molar-refractivity contribution in [3.05, 3.63) is 46.5 Å². The summed E-state index contributed by atoms with van der Waals surface area (Å²) < 4.78 is 1.69. The standard InChI is InChI=1S/C12H13ClN4O/c1-8-5-9(6-11(13)15-8)12(18)14-7-10-3-4-17(2)16-10/h3-6H,7H2,1-2H3,(H,14,18). The number of rotatable bonds is 3. The molecule has 2 heterocycles. The largest absolute Gasteiger partial charge is 0.346 e. The molecule has 94 valence electrons. The third-order valence-electron chi connectivity index (χ3n) is 2.38. The summed E-state index contributed by atoms with van der Waals surface area (Å²) in [7, 11) is 1.83. The first-order chi connectivity index (χ1) is 8.54. The molecule has 0 spiro atoms. The normalized spacial score (nSPS) is 10.4. The van der Waals surface area contributed by atoms with E-state index in [1.807, 2.05) is 19.3 Å². The topological polar surface area (TPSA) is 59.8 Å². The van der Waals surface area contributed by atoms with E-state index >= 15 is 0 Å². The molecule has 2 rings (SSSR count). The van der Waals surface area contributed by atoms with Crippen molar-refractivity contribution in [1.29, 1.82) is 0 Å². The van der Waals surface area contributed by atoms with E-state index < -0.39 is 0 Å². The first-order valence-corrected chi connectivity index (χ1v) is 5.83. The van der Waals surface area contributed by atoms with Crippen molar-refractivity contribution < 1.29 is 4.79 Å². The van der Waals surface area contributed by atoms with Crippen LogP contribution in [-0.4, -0.2) is 20.7 Å². The van der Waals surface area contributed by atoms with Gasteiger partial charge in [0.15, 0.2) is 0 Å². The Morgan fingerprint density at radius 1 is 1.50 bits per heavy atom. The lowest BCUT2D eigenvalue weighted by Gasteiger charge is -2.04.